The van der Waals surface area contributed by atoms with Crippen LogP contribution in [0, 0.1) is 0 Å². The van der Waals surface area contributed by atoms with Gasteiger partial charge in [0.05, 0.1) is 6.61 Å². The van der Waals surface area contributed by atoms with Crippen molar-refractivity contribution in [2.24, 2.45) is 0 Å². The number of benzene rings is 1. The normalized spacial score (nSPS) is 25.6. The van der Waals surface area contributed by atoms with Crippen LogP contribution in [0.3, 0.4) is 0 Å². The molecular weight excluding hydrogens is 350 g/mol. The third kappa shape index (κ3) is 3.06. The number of rotatable bonds is 4. The summed E-state index contributed by atoms with van der Waals surface area (Å²) in [5.74, 6) is 0.621. The van der Waals surface area contributed by atoms with Gasteiger partial charge in [-0.05, 0) is 11.6 Å². The number of aliphatic hydroxyl groups is 3. The van der Waals surface area contributed by atoms with Gasteiger partial charge in [-0.3, -0.25) is 4.57 Å². The van der Waals surface area contributed by atoms with Crippen LogP contribution in [0.1, 0.15) is 17.6 Å². The summed E-state index contributed by atoms with van der Waals surface area (Å²) < 4.78 is 7.21. The average molecular weight is 369 g/mol. The Balaban J connectivity index is 1.83. The van der Waals surface area contributed by atoms with Gasteiger partial charge >= 0.3 is 0 Å². The third-order valence-corrected chi connectivity index (χ3v) is 4.53. The molecule has 0 saturated carbocycles. The van der Waals surface area contributed by atoms with Gasteiger partial charge in [0.25, 0.3) is 0 Å². The van der Waals surface area contributed by atoms with Crippen molar-refractivity contribution in [3.05, 3.63) is 48.0 Å². The van der Waals surface area contributed by atoms with E-state index in [1.54, 1.807) is 10.6 Å². The topological polar surface area (TPSA) is 140 Å². The number of nitrogens with zero attached hydrogens (tertiary/aromatic N) is 4. The summed E-state index contributed by atoms with van der Waals surface area (Å²) in [4.78, 5) is 12.6. The number of fused-ring (bicyclic) bond motifs is 1. The highest BCUT2D eigenvalue weighted by atomic mass is 16.6. The lowest BCUT2D eigenvalue weighted by molar-refractivity contribution is -0.0513. The zero-order valence-electron chi connectivity index (χ0n) is 14.3. The Kier molecular flexibility index (Phi) is 4.58. The van der Waals surface area contributed by atoms with Gasteiger partial charge in [-0.1, -0.05) is 36.4 Å². The molecule has 1 fully saturated rings. The lowest BCUT2D eigenvalue weighted by Crippen LogP contribution is -2.33. The number of aromatic nitrogens is 4. The molecule has 9 heteroatoms. The largest absolute Gasteiger partial charge is 0.394 e. The Hall–Kier alpha value is -2.85. The van der Waals surface area contributed by atoms with Gasteiger partial charge in [0, 0.05) is 0 Å². The van der Waals surface area contributed by atoms with Crippen LogP contribution in [0.4, 0.5) is 5.82 Å². The van der Waals surface area contributed by atoms with Crippen molar-refractivity contribution < 1.29 is 20.1 Å². The summed E-state index contributed by atoms with van der Waals surface area (Å²) in [6.07, 6.45) is 0.497. The van der Waals surface area contributed by atoms with Gasteiger partial charge in [0.1, 0.15) is 30.5 Å². The van der Waals surface area contributed by atoms with E-state index < -0.39 is 31.1 Å². The molecule has 4 atom stereocenters. The number of anilines is 1. The molecule has 4 unspecified atom stereocenters. The number of aliphatic hydroxyl groups excluding tert-OH is 3. The lowest BCUT2D eigenvalue weighted by Gasteiger charge is -2.18. The maximum absolute atomic E-state index is 10.4. The SMILES string of the molecule is Nc1ncnc2c1nc(C=Cc1ccccc1)n2C1OC(CO)C(O)C1O. The fraction of sp³-hybridized carbons (Fsp3) is 0.278. The number of nitrogens with two attached hydrogens (primary N) is 1. The van der Waals surface area contributed by atoms with E-state index in [-0.39, 0.29) is 5.82 Å². The molecule has 3 heterocycles. The molecule has 0 amide bonds. The van der Waals surface area contributed by atoms with Gasteiger partial charge in [-0.2, -0.15) is 0 Å². The Labute approximate surface area is 154 Å². The molecule has 0 spiro atoms. The first-order valence-corrected chi connectivity index (χ1v) is 8.44. The maximum Gasteiger partial charge on any atom is 0.168 e. The second kappa shape index (κ2) is 7.05. The summed E-state index contributed by atoms with van der Waals surface area (Å²) in [7, 11) is 0. The molecule has 1 aromatic carbocycles. The highest BCUT2D eigenvalue weighted by molar-refractivity contribution is 5.84. The molecule has 5 N–H and O–H groups in total. The van der Waals surface area contributed by atoms with E-state index in [2.05, 4.69) is 15.0 Å². The molecule has 0 radical (unpaired) electrons. The predicted octanol–water partition coefficient (Wildman–Crippen LogP) is 0.190. The van der Waals surface area contributed by atoms with Crippen LogP contribution < -0.4 is 5.73 Å². The summed E-state index contributed by atoms with van der Waals surface area (Å²) in [5, 5.41) is 29.9. The Morgan fingerprint density at radius 1 is 1.11 bits per heavy atom. The van der Waals surface area contributed by atoms with E-state index in [1.807, 2.05) is 36.4 Å². The Bertz CT molecular complexity index is 975. The highest BCUT2D eigenvalue weighted by Gasteiger charge is 2.44. The van der Waals surface area contributed by atoms with Crippen LogP contribution in [0.15, 0.2) is 36.7 Å². The first-order valence-electron chi connectivity index (χ1n) is 8.44. The Morgan fingerprint density at radius 3 is 2.59 bits per heavy atom. The second-order valence-corrected chi connectivity index (χ2v) is 6.24. The molecule has 9 nitrogen and oxygen atoms in total. The molecule has 2 aromatic heterocycles. The molecule has 140 valence electrons. The molecule has 4 rings (SSSR count). The van der Waals surface area contributed by atoms with E-state index in [0.29, 0.717) is 17.0 Å². The molecule has 0 bridgehead atoms. The summed E-state index contributed by atoms with van der Waals surface area (Å²) >= 11 is 0. The Morgan fingerprint density at radius 2 is 1.89 bits per heavy atom. The minimum atomic E-state index is -1.26. The molecular formula is C18H19N5O4. The van der Waals surface area contributed by atoms with Crippen molar-refractivity contribution in [3.8, 4) is 0 Å². The maximum atomic E-state index is 10.4. The summed E-state index contributed by atoms with van der Waals surface area (Å²) in [6, 6.07) is 9.62. The van der Waals surface area contributed by atoms with E-state index in [9.17, 15) is 15.3 Å². The van der Waals surface area contributed by atoms with Crippen molar-refractivity contribution in [1.82, 2.24) is 19.5 Å². The van der Waals surface area contributed by atoms with Crippen LogP contribution in [-0.4, -0.2) is 59.8 Å². The van der Waals surface area contributed by atoms with Gasteiger partial charge in [0.15, 0.2) is 23.2 Å². The zero-order chi connectivity index (χ0) is 19.0. The molecule has 1 aliphatic rings. The number of nitrogen functional groups attached to an aromatic ring is 1. The smallest absolute Gasteiger partial charge is 0.168 e. The van der Waals surface area contributed by atoms with Gasteiger partial charge in [-0.25, -0.2) is 15.0 Å². The van der Waals surface area contributed by atoms with Crippen molar-refractivity contribution >= 4 is 29.1 Å². The first-order chi connectivity index (χ1) is 13.1. The van der Waals surface area contributed by atoms with Crippen molar-refractivity contribution in [1.29, 1.82) is 0 Å². The fourth-order valence-corrected chi connectivity index (χ4v) is 3.14. The van der Waals surface area contributed by atoms with Gasteiger partial charge < -0.3 is 25.8 Å². The molecule has 3 aromatic rings. The monoisotopic (exact) mass is 369 g/mol. The fourth-order valence-electron chi connectivity index (χ4n) is 3.14. The molecule has 1 saturated heterocycles. The average Bonchev–Trinajstić information content (AvgIpc) is 3.19. The van der Waals surface area contributed by atoms with Gasteiger partial charge in [-0.15, -0.1) is 0 Å². The van der Waals surface area contributed by atoms with E-state index in [1.165, 1.54) is 6.33 Å². The third-order valence-electron chi connectivity index (χ3n) is 4.53. The van der Waals surface area contributed by atoms with Gasteiger partial charge in [0.2, 0.25) is 0 Å². The summed E-state index contributed by atoms with van der Waals surface area (Å²) in [5.41, 5.74) is 7.60. The quantitative estimate of drug-likeness (QED) is 0.511. The summed E-state index contributed by atoms with van der Waals surface area (Å²) in [6.45, 7) is -0.423. The first kappa shape index (κ1) is 17.6. The van der Waals surface area contributed by atoms with E-state index in [4.69, 9.17) is 10.5 Å². The minimum absolute atomic E-state index is 0.194. The molecule has 0 aliphatic carbocycles. The van der Waals surface area contributed by atoms with E-state index >= 15 is 0 Å². The zero-order valence-corrected chi connectivity index (χ0v) is 14.3. The van der Waals surface area contributed by atoms with Crippen molar-refractivity contribution in [2.45, 2.75) is 24.5 Å². The van der Waals surface area contributed by atoms with Crippen molar-refractivity contribution in [3.63, 3.8) is 0 Å². The highest BCUT2D eigenvalue weighted by Crippen LogP contribution is 2.33. The number of hydrogen-bond acceptors (Lipinski definition) is 8. The van der Waals surface area contributed by atoms with Crippen LogP contribution >= 0.6 is 0 Å². The number of hydrogen-bond donors (Lipinski definition) is 4. The van der Waals surface area contributed by atoms with Crippen molar-refractivity contribution in [2.75, 3.05) is 12.3 Å². The van der Waals surface area contributed by atoms with Crippen LogP contribution in [-0.2, 0) is 4.74 Å². The standard InChI is InChI=1S/C18H19N5O4/c19-16-13-17(21-9-20-16)23(18-15(26)14(25)11(8-24)27-18)12(22-13)7-6-10-4-2-1-3-5-10/h1-7,9,11,14-15,18,24-26H,8H2,(H2,19,20,21). The lowest BCUT2D eigenvalue weighted by atomic mass is 10.1. The number of ether oxygens (including phenoxy) is 1. The van der Waals surface area contributed by atoms with Crippen LogP contribution in [0.25, 0.3) is 23.3 Å². The van der Waals surface area contributed by atoms with Crippen LogP contribution in [0.2, 0.25) is 0 Å². The molecule has 1 aliphatic heterocycles. The van der Waals surface area contributed by atoms with Crippen LogP contribution in [0.5, 0.6) is 0 Å². The number of imidazole rings is 1. The van der Waals surface area contributed by atoms with E-state index in [0.717, 1.165) is 5.56 Å². The molecule has 27 heavy (non-hydrogen) atoms. The predicted molar refractivity (Wildman–Crippen MR) is 98.1 cm³/mol. The minimum Gasteiger partial charge on any atom is -0.394 e. The second-order valence-electron chi connectivity index (χ2n) is 6.24.